The van der Waals surface area contributed by atoms with E-state index in [9.17, 15) is 29.7 Å². The van der Waals surface area contributed by atoms with Crippen LogP contribution >= 0.6 is 0 Å². The number of hydrogen-bond acceptors (Lipinski definition) is 8. The molecule has 0 bridgehead atoms. The highest BCUT2D eigenvalue weighted by atomic mass is 16.6. The van der Waals surface area contributed by atoms with Crippen molar-refractivity contribution in [2.45, 2.75) is 89.9 Å². The number of carboxylic acid groups (broad SMARTS) is 1. The minimum absolute atomic E-state index is 0.0140. The molecule has 0 heterocycles. The van der Waals surface area contributed by atoms with E-state index in [1.165, 1.54) is 0 Å². The summed E-state index contributed by atoms with van der Waals surface area (Å²) in [6.45, 7) is 8.75. The Balaban J connectivity index is 1.73. The van der Waals surface area contributed by atoms with Gasteiger partial charge in [0, 0.05) is 19.6 Å². The summed E-state index contributed by atoms with van der Waals surface area (Å²) in [5.41, 5.74) is 1.76. The van der Waals surface area contributed by atoms with Crippen LogP contribution in [0.15, 0.2) is 91.0 Å². The Labute approximate surface area is 289 Å². The van der Waals surface area contributed by atoms with E-state index in [-0.39, 0.29) is 26.1 Å². The van der Waals surface area contributed by atoms with Crippen molar-refractivity contribution < 1.29 is 34.4 Å². The molecule has 11 heteroatoms. The average molecular weight is 676 g/mol. The number of aliphatic hydroxyl groups is 2. The molecule has 0 saturated heterocycles. The van der Waals surface area contributed by atoms with Crippen LogP contribution in [0.5, 0.6) is 0 Å². The lowest BCUT2D eigenvalue weighted by atomic mass is 9.97. The zero-order valence-corrected chi connectivity index (χ0v) is 29.0. The second kappa shape index (κ2) is 18.9. The Bertz CT molecular complexity index is 1430. The summed E-state index contributed by atoms with van der Waals surface area (Å²) in [5, 5.41) is 43.6. The fourth-order valence-corrected chi connectivity index (χ4v) is 5.55. The van der Waals surface area contributed by atoms with E-state index in [2.05, 4.69) is 16.0 Å². The lowest BCUT2D eigenvalue weighted by Crippen LogP contribution is -2.59. The largest absolute Gasteiger partial charge is 0.530 e. The first kappa shape index (κ1) is 39.0. The quantitative estimate of drug-likeness (QED) is 0.146. The van der Waals surface area contributed by atoms with E-state index in [0.29, 0.717) is 12.0 Å². The Kier molecular flexibility index (Phi) is 15.1. The molecule has 11 nitrogen and oxygen atoms in total. The van der Waals surface area contributed by atoms with Crippen LogP contribution in [0.3, 0.4) is 0 Å². The van der Waals surface area contributed by atoms with Gasteiger partial charge in [-0.15, -0.1) is 0 Å². The standard InChI is InChI=1S/C38H52N4O7/c1-26(2)34(42(37(47)48)25-29-19-13-8-14-20-29)35(45)40-30(21-27-15-9-6-10-16-27)32(43)23-39-24-33(44)31(22-28-17-11-7-12-18-28)41-36(46)49-38(3,4)5/h6-20,26,30-34,39,43-44H,21-25H2,1-5H3,(H,40,45)(H,41,46)(H,47,48)/p-1/t30-,31-,32-,33+,34-/m0/s1. The van der Waals surface area contributed by atoms with Crippen LogP contribution in [0.1, 0.15) is 51.3 Å². The van der Waals surface area contributed by atoms with Crippen molar-refractivity contribution in [3.8, 4) is 0 Å². The Morgan fingerprint density at radius 1 is 0.735 bits per heavy atom. The van der Waals surface area contributed by atoms with Gasteiger partial charge in [-0.05, 0) is 56.2 Å². The molecule has 0 spiro atoms. The summed E-state index contributed by atoms with van der Waals surface area (Å²) in [5.74, 6) is -0.956. The monoisotopic (exact) mass is 675 g/mol. The highest BCUT2D eigenvalue weighted by Crippen LogP contribution is 2.17. The van der Waals surface area contributed by atoms with Crippen molar-refractivity contribution in [3.63, 3.8) is 0 Å². The molecule has 5 N–H and O–H groups in total. The van der Waals surface area contributed by atoms with E-state index in [1.54, 1.807) is 58.9 Å². The second-order valence-electron chi connectivity index (χ2n) is 13.6. The molecule has 0 aromatic heterocycles. The Hall–Kier alpha value is -4.45. The van der Waals surface area contributed by atoms with Crippen LogP contribution < -0.4 is 21.1 Å². The molecule has 266 valence electrons. The third-order valence-corrected chi connectivity index (χ3v) is 7.93. The third kappa shape index (κ3) is 13.5. The van der Waals surface area contributed by atoms with E-state index in [1.807, 2.05) is 66.7 Å². The van der Waals surface area contributed by atoms with Crippen molar-refractivity contribution in [1.82, 2.24) is 20.9 Å². The van der Waals surface area contributed by atoms with E-state index >= 15 is 0 Å². The van der Waals surface area contributed by atoms with Gasteiger partial charge in [0.15, 0.2) is 0 Å². The molecule has 0 radical (unpaired) electrons. The molecule has 3 aromatic carbocycles. The van der Waals surface area contributed by atoms with Crippen LogP contribution in [-0.2, 0) is 28.9 Å². The van der Waals surface area contributed by atoms with E-state index < -0.39 is 59.9 Å². The number of hydrogen-bond donors (Lipinski definition) is 5. The van der Waals surface area contributed by atoms with Crippen LogP contribution in [-0.4, -0.2) is 82.2 Å². The molecule has 0 saturated carbocycles. The first-order chi connectivity index (χ1) is 23.2. The number of carbonyl (C=O) groups excluding carboxylic acids is 3. The smallest absolute Gasteiger partial charge is 0.407 e. The van der Waals surface area contributed by atoms with Crippen LogP contribution in [0.25, 0.3) is 0 Å². The van der Waals surface area contributed by atoms with Gasteiger partial charge in [0.05, 0.1) is 24.3 Å². The van der Waals surface area contributed by atoms with Gasteiger partial charge >= 0.3 is 6.09 Å². The SMILES string of the molecule is CC(C)[C@@H](C(=O)N[C@@H](Cc1ccccc1)[C@@H](O)CNC[C@@H](O)[C@H](Cc1ccccc1)NC(=O)OC(C)(C)C)N(Cc1ccccc1)C(=O)[O-]. The van der Waals surface area contributed by atoms with Gasteiger partial charge in [-0.2, -0.15) is 0 Å². The summed E-state index contributed by atoms with van der Waals surface area (Å²) in [6.07, 6.45) is -3.70. The minimum atomic E-state index is -1.47. The number of benzene rings is 3. The van der Waals surface area contributed by atoms with Gasteiger partial charge in [-0.3, -0.25) is 4.79 Å². The Morgan fingerprint density at radius 2 is 1.16 bits per heavy atom. The van der Waals surface area contributed by atoms with Gasteiger partial charge in [0.2, 0.25) is 5.91 Å². The second-order valence-corrected chi connectivity index (χ2v) is 13.6. The summed E-state index contributed by atoms with van der Waals surface area (Å²) >= 11 is 0. The summed E-state index contributed by atoms with van der Waals surface area (Å²) in [7, 11) is 0. The zero-order chi connectivity index (χ0) is 36.0. The molecule has 5 atom stereocenters. The maximum Gasteiger partial charge on any atom is 0.407 e. The molecule has 3 rings (SSSR count). The van der Waals surface area contributed by atoms with Gasteiger partial charge in [0.1, 0.15) is 17.7 Å². The van der Waals surface area contributed by atoms with Crippen LogP contribution in [0.2, 0.25) is 0 Å². The summed E-state index contributed by atoms with van der Waals surface area (Å²) in [4.78, 5) is 39.7. The van der Waals surface area contributed by atoms with Crippen LogP contribution in [0.4, 0.5) is 9.59 Å². The lowest BCUT2D eigenvalue weighted by Gasteiger charge is -2.37. The molecule has 0 aliphatic heterocycles. The van der Waals surface area contributed by atoms with Crippen molar-refractivity contribution in [1.29, 1.82) is 0 Å². The molecule has 0 fully saturated rings. The average Bonchev–Trinajstić information content (AvgIpc) is 3.04. The highest BCUT2D eigenvalue weighted by Gasteiger charge is 2.33. The molecule has 3 amide bonds. The van der Waals surface area contributed by atoms with Crippen molar-refractivity contribution >= 4 is 18.1 Å². The van der Waals surface area contributed by atoms with Crippen molar-refractivity contribution in [3.05, 3.63) is 108 Å². The normalized spacial score (nSPS) is 14.6. The molecule has 3 aromatic rings. The molecule has 0 unspecified atom stereocenters. The maximum absolute atomic E-state index is 13.8. The minimum Gasteiger partial charge on any atom is -0.530 e. The first-order valence-corrected chi connectivity index (χ1v) is 16.7. The van der Waals surface area contributed by atoms with Gasteiger partial charge < -0.3 is 45.7 Å². The predicted molar refractivity (Wildman–Crippen MR) is 186 cm³/mol. The Morgan fingerprint density at radius 3 is 1.57 bits per heavy atom. The molecular formula is C38H51N4O7-. The fourth-order valence-electron chi connectivity index (χ4n) is 5.55. The zero-order valence-electron chi connectivity index (χ0n) is 29.0. The fraction of sp³-hybridized carbons (Fsp3) is 0.447. The number of carbonyl (C=O) groups is 3. The van der Waals surface area contributed by atoms with Gasteiger partial charge in [0.25, 0.3) is 0 Å². The van der Waals surface area contributed by atoms with Gasteiger partial charge in [-0.25, -0.2) is 4.79 Å². The van der Waals surface area contributed by atoms with Gasteiger partial charge in [-0.1, -0.05) is 105 Å². The van der Waals surface area contributed by atoms with Crippen LogP contribution in [0, 0.1) is 5.92 Å². The lowest BCUT2D eigenvalue weighted by molar-refractivity contribution is -0.269. The molecular weight excluding hydrogens is 624 g/mol. The number of nitrogens with zero attached hydrogens (tertiary/aromatic N) is 1. The molecule has 0 aliphatic carbocycles. The van der Waals surface area contributed by atoms with Crippen molar-refractivity contribution in [2.24, 2.45) is 5.92 Å². The molecule has 0 aliphatic rings. The van der Waals surface area contributed by atoms with Crippen molar-refractivity contribution in [2.75, 3.05) is 13.1 Å². The van der Waals surface area contributed by atoms with E-state index in [4.69, 9.17) is 4.74 Å². The summed E-state index contributed by atoms with van der Waals surface area (Å²) in [6, 6.07) is 25.1. The predicted octanol–water partition coefficient (Wildman–Crippen LogP) is 3.03. The first-order valence-electron chi connectivity index (χ1n) is 16.7. The number of nitrogens with one attached hydrogen (secondary N) is 3. The highest BCUT2D eigenvalue weighted by molar-refractivity contribution is 5.85. The number of amides is 3. The topological polar surface area (TPSA) is 163 Å². The van der Waals surface area contributed by atoms with E-state index in [0.717, 1.165) is 16.0 Å². The number of alkyl carbamates (subject to hydrolysis) is 1. The third-order valence-electron chi connectivity index (χ3n) is 7.93. The number of ether oxygens (including phenoxy) is 1. The maximum atomic E-state index is 13.8. The summed E-state index contributed by atoms with van der Waals surface area (Å²) < 4.78 is 5.42. The number of rotatable bonds is 17. The number of aliphatic hydroxyl groups excluding tert-OH is 2. The molecule has 49 heavy (non-hydrogen) atoms.